The zero-order chi connectivity index (χ0) is 15.4. The Kier molecular flexibility index (Phi) is 3.96. The number of imidazole rings is 1. The zero-order valence-electron chi connectivity index (χ0n) is 12.3. The predicted molar refractivity (Wildman–Crippen MR) is 83.6 cm³/mol. The summed E-state index contributed by atoms with van der Waals surface area (Å²) in [6, 6.07) is 11.3. The largest absolute Gasteiger partial charge is 0.337 e. The van der Waals surface area contributed by atoms with Crippen molar-refractivity contribution in [1.29, 1.82) is 0 Å². The van der Waals surface area contributed by atoms with Crippen molar-refractivity contribution in [3.8, 4) is 5.69 Å². The maximum Gasteiger partial charge on any atom is 0.253 e. The molecule has 5 nitrogen and oxygen atoms in total. The fraction of sp³-hybridized carbons (Fsp3) is 0.118. The highest BCUT2D eigenvalue weighted by atomic mass is 16.2. The molecule has 0 radical (unpaired) electrons. The van der Waals surface area contributed by atoms with E-state index < -0.39 is 0 Å². The lowest BCUT2D eigenvalue weighted by Crippen LogP contribution is -2.26. The fourth-order valence-electron chi connectivity index (χ4n) is 2.25. The van der Waals surface area contributed by atoms with Crippen LogP contribution >= 0.6 is 0 Å². The Bertz CT molecular complexity index is 736. The van der Waals surface area contributed by atoms with E-state index >= 15 is 0 Å². The number of hydrogen-bond donors (Lipinski definition) is 0. The molecule has 0 unspecified atom stereocenters. The highest BCUT2D eigenvalue weighted by Crippen LogP contribution is 2.12. The van der Waals surface area contributed by atoms with Gasteiger partial charge in [0.2, 0.25) is 0 Å². The van der Waals surface area contributed by atoms with E-state index in [2.05, 4.69) is 9.97 Å². The minimum absolute atomic E-state index is 0.0129. The molecule has 0 saturated carbocycles. The quantitative estimate of drug-likeness (QED) is 0.742. The topological polar surface area (TPSA) is 51.0 Å². The summed E-state index contributed by atoms with van der Waals surface area (Å²) >= 11 is 0. The summed E-state index contributed by atoms with van der Waals surface area (Å²) in [4.78, 5) is 22.2. The third kappa shape index (κ3) is 3.03. The Morgan fingerprint density at radius 2 is 1.95 bits per heavy atom. The molecule has 0 aliphatic heterocycles. The zero-order valence-corrected chi connectivity index (χ0v) is 12.3. The van der Waals surface area contributed by atoms with Crippen LogP contribution in [0.15, 0.2) is 67.5 Å². The van der Waals surface area contributed by atoms with Crippen LogP contribution in [0.2, 0.25) is 0 Å². The molecule has 0 aliphatic carbocycles. The van der Waals surface area contributed by atoms with Gasteiger partial charge in [0.1, 0.15) is 0 Å². The van der Waals surface area contributed by atoms with Gasteiger partial charge >= 0.3 is 0 Å². The molecular weight excluding hydrogens is 276 g/mol. The normalized spacial score (nSPS) is 10.4. The van der Waals surface area contributed by atoms with E-state index in [0.717, 1.165) is 11.3 Å². The summed E-state index contributed by atoms with van der Waals surface area (Å²) in [7, 11) is 1.79. The lowest BCUT2D eigenvalue weighted by Gasteiger charge is -2.17. The number of carbonyl (C=O) groups is 1. The van der Waals surface area contributed by atoms with Crippen LogP contribution in [0.25, 0.3) is 5.69 Å². The lowest BCUT2D eigenvalue weighted by atomic mass is 10.1. The predicted octanol–water partition coefficient (Wildman–Crippen LogP) is 2.54. The monoisotopic (exact) mass is 292 g/mol. The third-order valence-corrected chi connectivity index (χ3v) is 3.41. The van der Waals surface area contributed by atoms with Gasteiger partial charge in [-0.3, -0.25) is 9.78 Å². The lowest BCUT2D eigenvalue weighted by molar-refractivity contribution is 0.0785. The van der Waals surface area contributed by atoms with Crippen molar-refractivity contribution in [3.05, 3.63) is 78.6 Å². The molecule has 5 heteroatoms. The van der Waals surface area contributed by atoms with Gasteiger partial charge in [0.05, 0.1) is 6.33 Å². The standard InChI is InChI=1S/C17H16N4O/c1-20(12-14-3-2-8-18-11-14)17(22)15-4-6-16(7-5-15)21-10-9-19-13-21/h2-11,13H,12H2,1H3. The van der Waals surface area contributed by atoms with Crippen LogP contribution < -0.4 is 0 Å². The third-order valence-electron chi connectivity index (χ3n) is 3.41. The number of hydrogen-bond acceptors (Lipinski definition) is 3. The van der Waals surface area contributed by atoms with Gasteiger partial charge in [0.25, 0.3) is 5.91 Å². The SMILES string of the molecule is CN(Cc1cccnc1)C(=O)c1ccc(-n2ccnc2)cc1. The summed E-state index contributed by atoms with van der Waals surface area (Å²) in [5.74, 6) is -0.0129. The van der Waals surface area contributed by atoms with Gasteiger partial charge in [-0.25, -0.2) is 4.98 Å². The molecule has 0 fully saturated rings. The maximum absolute atomic E-state index is 12.4. The number of amides is 1. The van der Waals surface area contributed by atoms with E-state index in [1.54, 1.807) is 36.9 Å². The molecule has 0 spiro atoms. The molecule has 2 heterocycles. The van der Waals surface area contributed by atoms with Crippen LogP contribution in [0.5, 0.6) is 0 Å². The number of aromatic nitrogens is 3. The molecule has 0 atom stereocenters. The van der Waals surface area contributed by atoms with Crippen LogP contribution in [0, 0.1) is 0 Å². The Morgan fingerprint density at radius 3 is 2.59 bits per heavy atom. The summed E-state index contributed by atoms with van der Waals surface area (Å²) in [6.07, 6.45) is 8.81. The van der Waals surface area contributed by atoms with Gasteiger partial charge in [-0.15, -0.1) is 0 Å². The van der Waals surface area contributed by atoms with Gasteiger partial charge in [-0.2, -0.15) is 0 Å². The van der Waals surface area contributed by atoms with Crippen LogP contribution in [0.3, 0.4) is 0 Å². The molecule has 3 rings (SSSR count). The van der Waals surface area contributed by atoms with Gasteiger partial charge in [0, 0.05) is 49.6 Å². The Balaban J connectivity index is 1.72. The first-order valence-electron chi connectivity index (χ1n) is 6.97. The Labute approximate surface area is 128 Å². The van der Waals surface area contributed by atoms with Crippen LogP contribution in [-0.4, -0.2) is 32.4 Å². The molecule has 110 valence electrons. The summed E-state index contributed by atoms with van der Waals surface area (Å²) in [5, 5.41) is 0. The molecule has 0 saturated heterocycles. The number of carbonyl (C=O) groups excluding carboxylic acids is 1. The fourth-order valence-corrected chi connectivity index (χ4v) is 2.25. The minimum Gasteiger partial charge on any atom is -0.337 e. The second kappa shape index (κ2) is 6.22. The highest BCUT2D eigenvalue weighted by molar-refractivity contribution is 5.94. The second-order valence-corrected chi connectivity index (χ2v) is 5.04. The van der Waals surface area contributed by atoms with Crippen molar-refractivity contribution >= 4 is 5.91 Å². The molecule has 1 amide bonds. The van der Waals surface area contributed by atoms with Crippen molar-refractivity contribution in [3.63, 3.8) is 0 Å². The van der Waals surface area contributed by atoms with Gasteiger partial charge in [-0.1, -0.05) is 6.07 Å². The number of pyridine rings is 1. The van der Waals surface area contributed by atoms with Crippen molar-refractivity contribution in [1.82, 2.24) is 19.4 Å². The highest BCUT2D eigenvalue weighted by Gasteiger charge is 2.12. The summed E-state index contributed by atoms with van der Waals surface area (Å²) in [6.45, 7) is 0.538. The second-order valence-electron chi connectivity index (χ2n) is 5.04. The van der Waals surface area contributed by atoms with Crippen molar-refractivity contribution in [2.24, 2.45) is 0 Å². The first-order valence-corrected chi connectivity index (χ1v) is 6.97. The molecule has 0 N–H and O–H groups in total. The number of rotatable bonds is 4. The van der Waals surface area contributed by atoms with E-state index in [1.807, 2.05) is 47.2 Å². The summed E-state index contributed by atoms with van der Waals surface area (Å²) < 4.78 is 1.90. The van der Waals surface area contributed by atoms with E-state index in [-0.39, 0.29) is 5.91 Å². The van der Waals surface area contributed by atoms with E-state index in [4.69, 9.17) is 0 Å². The van der Waals surface area contributed by atoms with E-state index in [9.17, 15) is 4.79 Å². The molecule has 0 aliphatic rings. The van der Waals surface area contributed by atoms with Crippen molar-refractivity contribution in [2.45, 2.75) is 6.54 Å². The number of benzene rings is 1. The van der Waals surface area contributed by atoms with E-state index in [0.29, 0.717) is 12.1 Å². The molecular formula is C17H16N4O. The molecule has 3 aromatic rings. The Morgan fingerprint density at radius 1 is 1.14 bits per heavy atom. The molecule has 2 aromatic heterocycles. The van der Waals surface area contributed by atoms with Crippen LogP contribution in [0.1, 0.15) is 15.9 Å². The van der Waals surface area contributed by atoms with Crippen molar-refractivity contribution in [2.75, 3.05) is 7.05 Å². The molecule has 1 aromatic carbocycles. The van der Waals surface area contributed by atoms with E-state index in [1.165, 1.54) is 0 Å². The number of nitrogens with zero attached hydrogens (tertiary/aromatic N) is 4. The minimum atomic E-state index is -0.0129. The maximum atomic E-state index is 12.4. The van der Waals surface area contributed by atoms with Crippen LogP contribution in [-0.2, 0) is 6.54 Å². The van der Waals surface area contributed by atoms with Gasteiger partial charge in [-0.05, 0) is 35.9 Å². The average Bonchev–Trinajstić information content (AvgIpc) is 3.10. The molecule has 22 heavy (non-hydrogen) atoms. The smallest absolute Gasteiger partial charge is 0.253 e. The van der Waals surface area contributed by atoms with Gasteiger partial charge < -0.3 is 9.47 Å². The Hall–Kier alpha value is -2.95. The first-order chi connectivity index (χ1) is 10.7. The molecule has 0 bridgehead atoms. The van der Waals surface area contributed by atoms with Gasteiger partial charge in [0.15, 0.2) is 0 Å². The van der Waals surface area contributed by atoms with Crippen molar-refractivity contribution < 1.29 is 4.79 Å². The first kappa shape index (κ1) is 14.0. The summed E-state index contributed by atoms with van der Waals surface area (Å²) in [5.41, 5.74) is 2.65. The average molecular weight is 292 g/mol. The van der Waals surface area contributed by atoms with Crippen LogP contribution in [0.4, 0.5) is 0 Å².